The highest BCUT2D eigenvalue weighted by Gasteiger charge is 2.32. The monoisotopic (exact) mass is 583 g/mol. The Morgan fingerprint density at radius 1 is 1.31 bits per heavy atom. The number of hydrogen-bond acceptors (Lipinski definition) is 8. The van der Waals surface area contributed by atoms with Gasteiger partial charge >= 0.3 is 6.18 Å². The number of halogens is 3. The molecular formula is C29H36F3N9O. The minimum atomic E-state index is -4.56. The maximum Gasteiger partial charge on any atom is 0.416 e. The summed E-state index contributed by atoms with van der Waals surface area (Å²) < 4.78 is 41.0. The quantitative estimate of drug-likeness (QED) is 0.205. The van der Waals surface area contributed by atoms with Gasteiger partial charge in [-0.3, -0.25) is 15.1 Å². The van der Waals surface area contributed by atoms with Crippen molar-refractivity contribution in [2.45, 2.75) is 32.5 Å². The molecule has 1 saturated heterocycles. The van der Waals surface area contributed by atoms with Crippen molar-refractivity contribution < 1.29 is 18.0 Å². The van der Waals surface area contributed by atoms with Gasteiger partial charge in [0.1, 0.15) is 6.34 Å². The number of nitrogens with zero attached hydrogens (tertiary/aromatic N) is 6. The van der Waals surface area contributed by atoms with Crippen molar-refractivity contribution in [3.8, 4) is 0 Å². The molecule has 3 N–H and O–H groups in total. The van der Waals surface area contributed by atoms with Crippen LogP contribution in [0.4, 0.5) is 18.9 Å². The lowest BCUT2D eigenvalue weighted by molar-refractivity contribution is -0.0887. The smallest absolute Gasteiger partial charge is 0.348 e. The molecule has 1 atom stereocenters. The summed E-state index contributed by atoms with van der Waals surface area (Å²) in [7, 11) is 3.39. The molecule has 1 fully saturated rings. The van der Waals surface area contributed by atoms with Crippen LogP contribution >= 0.6 is 0 Å². The first-order chi connectivity index (χ1) is 19.9. The number of guanidine groups is 1. The molecule has 1 aromatic carbocycles. The number of benzene rings is 1. The van der Waals surface area contributed by atoms with Crippen LogP contribution in [0, 0.1) is 6.92 Å². The van der Waals surface area contributed by atoms with E-state index in [1.807, 2.05) is 11.8 Å². The lowest BCUT2D eigenvalue weighted by Crippen LogP contribution is -2.54. The number of aliphatic imine (C=N–C) groups is 4. The Hall–Kier alpha value is -4.36. The van der Waals surface area contributed by atoms with E-state index in [9.17, 15) is 18.0 Å². The number of allylic oxidation sites excluding steroid dienone is 3. The van der Waals surface area contributed by atoms with Crippen LogP contribution in [0.5, 0.6) is 0 Å². The molecule has 0 bridgehead atoms. The van der Waals surface area contributed by atoms with Gasteiger partial charge in [-0.2, -0.15) is 13.2 Å². The molecule has 0 spiro atoms. The van der Waals surface area contributed by atoms with Crippen LogP contribution in [0.1, 0.15) is 29.3 Å². The summed E-state index contributed by atoms with van der Waals surface area (Å²) in [6.07, 6.45) is 2.33. The number of anilines is 1. The Morgan fingerprint density at radius 2 is 2.05 bits per heavy atom. The normalized spacial score (nSPS) is 18.0. The summed E-state index contributed by atoms with van der Waals surface area (Å²) in [5, 5.41) is 9.05. The average molecular weight is 584 g/mol. The largest absolute Gasteiger partial charge is 0.416 e. The number of rotatable bonds is 11. The third-order valence-electron chi connectivity index (χ3n) is 6.53. The van der Waals surface area contributed by atoms with Gasteiger partial charge in [-0.05, 0) is 64.0 Å². The van der Waals surface area contributed by atoms with E-state index < -0.39 is 23.7 Å². The van der Waals surface area contributed by atoms with Crippen LogP contribution in [0.2, 0.25) is 0 Å². The Bertz CT molecular complexity index is 1370. The summed E-state index contributed by atoms with van der Waals surface area (Å²) in [6, 6.07) is 4.58. The van der Waals surface area contributed by atoms with Crippen molar-refractivity contribution in [1.82, 2.24) is 20.4 Å². The zero-order chi connectivity index (χ0) is 30.9. The lowest BCUT2D eigenvalue weighted by atomic mass is 10.1. The highest BCUT2D eigenvalue weighted by Crippen LogP contribution is 2.29. The minimum Gasteiger partial charge on any atom is -0.348 e. The van der Waals surface area contributed by atoms with Gasteiger partial charge in [-0.25, -0.2) is 15.0 Å². The van der Waals surface area contributed by atoms with Crippen LogP contribution in [0.25, 0.3) is 0 Å². The molecule has 2 aliphatic rings. The fraction of sp³-hybridized carbons (Fsp3) is 0.345. The van der Waals surface area contributed by atoms with Crippen molar-refractivity contribution in [3.05, 3.63) is 76.8 Å². The maximum absolute atomic E-state index is 13.7. The first-order valence-corrected chi connectivity index (χ1v) is 13.2. The molecule has 42 heavy (non-hydrogen) atoms. The molecule has 0 aliphatic carbocycles. The van der Waals surface area contributed by atoms with E-state index in [0.717, 1.165) is 17.7 Å². The molecule has 13 heteroatoms. The molecule has 1 aromatic rings. The number of aryl methyl sites for hydroxylation is 1. The molecule has 2 aliphatic heterocycles. The molecule has 1 unspecified atom stereocenters. The van der Waals surface area contributed by atoms with Crippen molar-refractivity contribution >= 4 is 36.8 Å². The lowest BCUT2D eigenvalue weighted by Gasteiger charge is -2.33. The summed E-state index contributed by atoms with van der Waals surface area (Å²) >= 11 is 0. The second-order valence-corrected chi connectivity index (χ2v) is 9.84. The predicted octanol–water partition coefficient (Wildman–Crippen LogP) is 4.24. The highest BCUT2D eigenvalue weighted by molar-refractivity contribution is 5.96. The number of carbonyl (C=O) groups is 1. The van der Waals surface area contributed by atoms with Crippen molar-refractivity contribution in [1.29, 1.82) is 0 Å². The van der Waals surface area contributed by atoms with Crippen LogP contribution in [0.15, 0.2) is 85.6 Å². The van der Waals surface area contributed by atoms with Gasteiger partial charge in [0.05, 0.1) is 24.6 Å². The first kappa shape index (κ1) is 32.2. The van der Waals surface area contributed by atoms with Crippen molar-refractivity contribution in [2.75, 3.05) is 39.3 Å². The molecule has 10 nitrogen and oxygen atoms in total. The van der Waals surface area contributed by atoms with E-state index in [1.165, 1.54) is 12.4 Å². The second-order valence-electron chi connectivity index (χ2n) is 9.84. The molecule has 3 rings (SSSR count). The summed E-state index contributed by atoms with van der Waals surface area (Å²) in [5.74, 6) is 0.507. The highest BCUT2D eigenvalue weighted by atomic mass is 19.4. The van der Waals surface area contributed by atoms with E-state index in [1.54, 1.807) is 50.3 Å². The third-order valence-corrected chi connectivity index (χ3v) is 6.53. The van der Waals surface area contributed by atoms with Gasteiger partial charge in [0.25, 0.3) is 5.91 Å². The third kappa shape index (κ3) is 8.82. The zero-order valence-corrected chi connectivity index (χ0v) is 24.2. The molecular weight excluding hydrogens is 547 g/mol. The van der Waals surface area contributed by atoms with Gasteiger partial charge in [0.15, 0.2) is 5.82 Å². The van der Waals surface area contributed by atoms with Crippen LogP contribution < -0.4 is 16.0 Å². The molecule has 224 valence electrons. The molecule has 2 heterocycles. The van der Waals surface area contributed by atoms with Gasteiger partial charge in [-0.1, -0.05) is 24.8 Å². The molecule has 1 amide bonds. The Labute approximate surface area is 243 Å². The first-order valence-electron chi connectivity index (χ1n) is 13.2. The van der Waals surface area contributed by atoms with Crippen molar-refractivity contribution in [3.63, 3.8) is 0 Å². The standard InChI is InChI=1S/C29H36F3N9O/c1-7-21(13-23(29(30,31)32)12-20(3)40(5)6)15-36-27(42)22-9-8-19(2)25(14-22)38-26(37-16-33-4)24-10-11-35-28(39-24)41-17-34-18-41/h7-9,11-14,16,20,34,38H,1,4,10,15,17-18H2,2-3,5-6H3,(H,36,42)/b21-13+,23-12+,26-24-,37-16?. The van der Waals surface area contributed by atoms with Crippen LogP contribution in [-0.2, 0) is 0 Å². The maximum atomic E-state index is 13.7. The van der Waals surface area contributed by atoms with Gasteiger partial charge in [-0.15, -0.1) is 0 Å². The Morgan fingerprint density at radius 3 is 2.64 bits per heavy atom. The SMILES string of the molecule is C=C/C(=C\C(=C/C(C)N(C)C)C(F)(F)F)CNC(=O)c1ccc(C)c(N/C(N=CN=C)=C2/CC=NC(N3CNC3)=N2)c1. The number of carbonyl (C=O) groups excluding carboxylic acids is 1. The predicted molar refractivity (Wildman–Crippen MR) is 163 cm³/mol. The number of alkyl halides is 3. The molecule has 0 radical (unpaired) electrons. The fourth-order valence-corrected chi connectivity index (χ4v) is 3.68. The number of likely N-dealkylation sites (N-methyl/N-ethyl adjacent to an activating group) is 1. The number of amides is 1. The van der Waals surface area contributed by atoms with E-state index in [4.69, 9.17) is 0 Å². The summed E-state index contributed by atoms with van der Waals surface area (Å²) in [5.41, 5.74) is 1.75. The number of nitrogens with one attached hydrogen (secondary N) is 3. The number of hydrogen-bond donors (Lipinski definition) is 3. The van der Waals surface area contributed by atoms with Gasteiger partial charge in [0, 0.05) is 36.5 Å². The van der Waals surface area contributed by atoms with E-state index in [-0.39, 0.29) is 12.1 Å². The second kappa shape index (κ2) is 14.5. The molecule has 0 aromatic heterocycles. The van der Waals surface area contributed by atoms with E-state index in [0.29, 0.717) is 48.5 Å². The Balaban J connectivity index is 1.82. The summed E-state index contributed by atoms with van der Waals surface area (Å²) in [6.45, 7) is 11.7. The topological polar surface area (TPSA) is 109 Å². The van der Waals surface area contributed by atoms with E-state index in [2.05, 4.69) is 49.2 Å². The van der Waals surface area contributed by atoms with E-state index >= 15 is 0 Å². The zero-order valence-electron chi connectivity index (χ0n) is 24.2. The summed E-state index contributed by atoms with van der Waals surface area (Å²) in [4.78, 5) is 33.7. The van der Waals surface area contributed by atoms with Crippen molar-refractivity contribution in [2.24, 2.45) is 20.0 Å². The average Bonchev–Trinajstić information content (AvgIpc) is 2.91. The van der Waals surface area contributed by atoms with Gasteiger partial charge in [0.2, 0.25) is 5.96 Å². The van der Waals surface area contributed by atoms with Crippen LogP contribution in [-0.4, -0.2) is 87.1 Å². The fourth-order valence-electron chi connectivity index (χ4n) is 3.68. The van der Waals surface area contributed by atoms with Gasteiger partial charge < -0.3 is 20.4 Å². The van der Waals surface area contributed by atoms with Crippen LogP contribution in [0.3, 0.4) is 0 Å². The minimum absolute atomic E-state index is 0.143. The molecule has 0 saturated carbocycles. The Kier molecular flexibility index (Phi) is 11.1.